The van der Waals surface area contributed by atoms with Crippen molar-refractivity contribution in [1.82, 2.24) is 20.4 Å². The Bertz CT molecular complexity index is 935. The van der Waals surface area contributed by atoms with Crippen molar-refractivity contribution in [3.63, 3.8) is 0 Å². The normalized spacial score (nSPS) is 11.6. The monoisotopic (exact) mass is 374 g/mol. The highest BCUT2D eigenvalue weighted by atomic mass is 15.3. The summed E-state index contributed by atoms with van der Waals surface area (Å²) in [6, 6.07) is 17.2. The molecule has 4 heteroatoms. The van der Waals surface area contributed by atoms with Gasteiger partial charge in [-0.3, -0.25) is 0 Å². The van der Waals surface area contributed by atoms with E-state index in [4.69, 9.17) is 0 Å². The van der Waals surface area contributed by atoms with Crippen LogP contribution in [0.3, 0.4) is 0 Å². The Morgan fingerprint density at radius 3 is 2.21 bits per heavy atom. The molecule has 0 amide bonds. The van der Waals surface area contributed by atoms with E-state index in [0.29, 0.717) is 0 Å². The van der Waals surface area contributed by atoms with E-state index in [9.17, 15) is 0 Å². The maximum absolute atomic E-state index is 4.58. The fourth-order valence-corrected chi connectivity index (χ4v) is 3.19. The molecule has 3 aromatic rings. The van der Waals surface area contributed by atoms with Crippen LogP contribution in [0.5, 0.6) is 0 Å². The van der Waals surface area contributed by atoms with Crippen LogP contribution in [0.15, 0.2) is 60.8 Å². The fourth-order valence-electron chi connectivity index (χ4n) is 3.19. The second-order valence-corrected chi connectivity index (χ2v) is 7.25. The van der Waals surface area contributed by atoms with Crippen LogP contribution < -0.4 is 10.6 Å². The predicted octanol–water partition coefficient (Wildman–Crippen LogP) is 4.36. The van der Waals surface area contributed by atoms with Crippen molar-refractivity contribution >= 4 is 5.82 Å². The van der Waals surface area contributed by atoms with Gasteiger partial charge in [0.2, 0.25) is 0 Å². The zero-order chi connectivity index (χ0) is 19.9. The number of hydrogen-bond acceptors (Lipinski definition) is 3. The van der Waals surface area contributed by atoms with Crippen LogP contribution in [0.2, 0.25) is 0 Å². The topological polar surface area (TPSA) is 41.9 Å². The summed E-state index contributed by atoms with van der Waals surface area (Å²) in [5.41, 5.74) is 7.54. The van der Waals surface area contributed by atoms with Crippen LogP contribution in [-0.4, -0.2) is 16.8 Å². The number of rotatable bonds is 8. The Morgan fingerprint density at radius 2 is 1.61 bits per heavy atom. The molecule has 2 N–H and O–H groups in total. The van der Waals surface area contributed by atoms with Crippen LogP contribution in [0.1, 0.15) is 33.5 Å². The molecular formula is C24H30N4. The number of benzene rings is 2. The highest BCUT2D eigenvalue weighted by Gasteiger charge is 2.08. The van der Waals surface area contributed by atoms with Gasteiger partial charge in [0.05, 0.1) is 6.20 Å². The van der Waals surface area contributed by atoms with Crippen molar-refractivity contribution < 1.29 is 0 Å². The standard InChI is InChI=1S/C24H30N4/c1-18-7-5-6-8-23(18)13-14-24(28-20(3)19(2)15-27-28)26-17-22-11-9-21(10-12-22)16-25-4/h5-12,14-15,25-26H,13,16-17H2,1-4H3/b24-14-. The van der Waals surface area contributed by atoms with E-state index in [1.807, 2.05) is 17.9 Å². The molecule has 1 aromatic heterocycles. The maximum atomic E-state index is 4.58. The van der Waals surface area contributed by atoms with Gasteiger partial charge in [-0.05, 0) is 68.1 Å². The summed E-state index contributed by atoms with van der Waals surface area (Å²) in [6.07, 6.45) is 5.02. The van der Waals surface area contributed by atoms with Gasteiger partial charge in [0.15, 0.2) is 0 Å². The van der Waals surface area contributed by atoms with Crippen molar-refractivity contribution in [2.75, 3.05) is 7.05 Å². The summed E-state index contributed by atoms with van der Waals surface area (Å²) in [5, 5.41) is 11.4. The summed E-state index contributed by atoms with van der Waals surface area (Å²) in [5.74, 6) is 1.02. The third kappa shape index (κ3) is 4.90. The molecule has 28 heavy (non-hydrogen) atoms. The third-order valence-corrected chi connectivity index (χ3v) is 5.14. The minimum Gasteiger partial charge on any atom is -0.366 e. The molecule has 146 valence electrons. The second kappa shape index (κ2) is 9.38. The first-order valence-electron chi connectivity index (χ1n) is 9.81. The molecule has 0 atom stereocenters. The summed E-state index contributed by atoms with van der Waals surface area (Å²) < 4.78 is 2.00. The Hall–Kier alpha value is -2.85. The molecule has 0 aliphatic rings. The molecule has 0 spiro atoms. The Labute approximate surface area is 168 Å². The van der Waals surface area contributed by atoms with Crippen LogP contribution >= 0.6 is 0 Å². The SMILES string of the molecule is CNCc1ccc(CN/C(=C/Cc2ccccc2C)n2ncc(C)c2C)cc1. The van der Waals surface area contributed by atoms with Crippen molar-refractivity contribution in [2.24, 2.45) is 0 Å². The molecule has 4 nitrogen and oxygen atoms in total. The highest BCUT2D eigenvalue weighted by molar-refractivity contribution is 5.46. The number of hydrogen-bond donors (Lipinski definition) is 2. The lowest BCUT2D eigenvalue weighted by atomic mass is 10.1. The second-order valence-electron chi connectivity index (χ2n) is 7.25. The van der Waals surface area contributed by atoms with Gasteiger partial charge in [0, 0.05) is 18.8 Å². The molecule has 0 aliphatic carbocycles. The van der Waals surface area contributed by atoms with E-state index in [1.165, 1.54) is 27.8 Å². The Balaban J connectivity index is 1.79. The van der Waals surface area contributed by atoms with E-state index in [2.05, 4.69) is 91.1 Å². The van der Waals surface area contributed by atoms with Crippen LogP contribution in [0.25, 0.3) is 5.82 Å². The Morgan fingerprint density at radius 1 is 0.929 bits per heavy atom. The fraction of sp³-hybridized carbons (Fsp3) is 0.292. The number of nitrogens with one attached hydrogen (secondary N) is 2. The smallest absolute Gasteiger partial charge is 0.124 e. The molecule has 0 unspecified atom stereocenters. The quantitative estimate of drug-likeness (QED) is 0.616. The zero-order valence-electron chi connectivity index (χ0n) is 17.3. The maximum Gasteiger partial charge on any atom is 0.124 e. The van der Waals surface area contributed by atoms with Crippen molar-refractivity contribution in [1.29, 1.82) is 0 Å². The predicted molar refractivity (Wildman–Crippen MR) is 117 cm³/mol. The zero-order valence-corrected chi connectivity index (χ0v) is 17.3. The summed E-state index contributed by atoms with van der Waals surface area (Å²) in [7, 11) is 1.97. The third-order valence-electron chi connectivity index (χ3n) is 5.14. The summed E-state index contributed by atoms with van der Waals surface area (Å²) >= 11 is 0. The van der Waals surface area contributed by atoms with Gasteiger partial charge in [-0.25, -0.2) is 4.68 Å². The lowest BCUT2D eigenvalue weighted by molar-refractivity contribution is 0.751. The van der Waals surface area contributed by atoms with Crippen molar-refractivity contribution in [3.05, 3.63) is 94.3 Å². The van der Waals surface area contributed by atoms with Gasteiger partial charge in [0.25, 0.3) is 0 Å². The first-order chi connectivity index (χ1) is 13.6. The van der Waals surface area contributed by atoms with Crippen LogP contribution in [0.4, 0.5) is 0 Å². The molecule has 0 radical (unpaired) electrons. The molecule has 0 saturated heterocycles. The van der Waals surface area contributed by atoms with Gasteiger partial charge in [-0.2, -0.15) is 5.10 Å². The van der Waals surface area contributed by atoms with E-state index in [-0.39, 0.29) is 0 Å². The average Bonchev–Trinajstić information content (AvgIpc) is 3.03. The molecule has 0 aliphatic heterocycles. The van der Waals surface area contributed by atoms with Gasteiger partial charge in [0.1, 0.15) is 5.82 Å². The summed E-state index contributed by atoms with van der Waals surface area (Å²) in [6.45, 7) is 8.02. The molecule has 0 saturated carbocycles. The lowest BCUT2D eigenvalue weighted by Crippen LogP contribution is -2.19. The average molecular weight is 375 g/mol. The first kappa shape index (κ1) is 19.9. The minimum absolute atomic E-state index is 0.762. The largest absolute Gasteiger partial charge is 0.366 e. The van der Waals surface area contributed by atoms with Crippen LogP contribution in [0, 0.1) is 20.8 Å². The van der Waals surface area contributed by atoms with Gasteiger partial charge < -0.3 is 10.6 Å². The van der Waals surface area contributed by atoms with Gasteiger partial charge in [-0.15, -0.1) is 0 Å². The number of allylic oxidation sites excluding steroid dienone is 1. The van der Waals surface area contributed by atoms with E-state index in [1.54, 1.807) is 0 Å². The molecule has 0 fully saturated rings. The van der Waals surface area contributed by atoms with Crippen LogP contribution in [-0.2, 0) is 19.5 Å². The van der Waals surface area contributed by atoms with E-state index in [0.717, 1.165) is 31.0 Å². The molecule has 0 bridgehead atoms. The number of aromatic nitrogens is 2. The van der Waals surface area contributed by atoms with Gasteiger partial charge in [-0.1, -0.05) is 48.5 Å². The molecule has 3 rings (SSSR count). The Kier molecular flexibility index (Phi) is 6.66. The van der Waals surface area contributed by atoms with Gasteiger partial charge >= 0.3 is 0 Å². The lowest BCUT2D eigenvalue weighted by Gasteiger charge is -2.14. The highest BCUT2D eigenvalue weighted by Crippen LogP contribution is 2.14. The number of nitrogens with zero attached hydrogens (tertiary/aromatic N) is 2. The molecule has 2 aromatic carbocycles. The van der Waals surface area contributed by atoms with E-state index >= 15 is 0 Å². The van der Waals surface area contributed by atoms with E-state index < -0.39 is 0 Å². The van der Waals surface area contributed by atoms with Crippen molar-refractivity contribution in [2.45, 2.75) is 40.3 Å². The first-order valence-corrected chi connectivity index (χ1v) is 9.81. The van der Waals surface area contributed by atoms with Crippen molar-refractivity contribution in [3.8, 4) is 0 Å². The summed E-state index contributed by atoms with van der Waals surface area (Å²) in [4.78, 5) is 0. The molecule has 1 heterocycles. The molecular weight excluding hydrogens is 344 g/mol. The minimum atomic E-state index is 0.762. The number of aryl methyl sites for hydroxylation is 2.